The zero-order valence-corrected chi connectivity index (χ0v) is 24.1. The Morgan fingerprint density at radius 1 is 0.886 bits per heavy atom. The van der Waals surface area contributed by atoms with Gasteiger partial charge in [-0.2, -0.15) is 4.98 Å². The summed E-state index contributed by atoms with van der Waals surface area (Å²) in [5.41, 5.74) is 2.31. The van der Waals surface area contributed by atoms with Crippen molar-refractivity contribution < 1.29 is 29.6 Å². The number of pyridine rings is 1. The Bertz CT molecular complexity index is 1800. The van der Waals surface area contributed by atoms with E-state index in [2.05, 4.69) is 10.3 Å². The van der Waals surface area contributed by atoms with E-state index in [4.69, 9.17) is 9.47 Å². The number of ether oxygens (including phenoxy) is 2. The number of nitrogens with zero attached hydrogens (tertiary/aromatic N) is 2. The molecule has 0 unspecified atom stereocenters. The number of carbonyl (C=O) groups excluding carboxylic acids is 1. The molecule has 0 radical (unpaired) electrons. The Balaban J connectivity index is 1.33. The average Bonchev–Trinajstić information content (AvgIpc) is 3.03. The monoisotopic (exact) mass is 595 g/mol. The normalized spacial score (nSPS) is 11.7. The van der Waals surface area contributed by atoms with Crippen molar-refractivity contribution in [1.29, 1.82) is 0 Å². The summed E-state index contributed by atoms with van der Waals surface area (Å²) in [7, 11) is 1.63. The highest BCUT2D eigenvalue weighted by Gasteiger charge is 2.26. The fourth-order valence-corrected chi connectivity index (χ4v) is 4.99. The Morgan fingerprint density at radius 2 is 1.61 bits per heavy atom. The van der Waals surface area contributed by atoms with Crippen LogP contribution in [0.15, 0.2) is 95.9 Å². The number of carbonyl (C=O) groups is 1. The van der Waals surface area contributed by atoms with Crippen molar-refractivity contribution in [3.63, 3.8) is 0 Å². The summed E-state index contributed by atoms with van der Waals surface area (Å²) in [6.07, 6.45) is 2.56. The summed E-state index contributed by atoms with van der Waals surface area (Å²) in [5, 5.41) is 33.0. The maximum atomic E-state index is 13.5. The number of hydrogen-bond donors (Lipinski definition) is 4. The molecule has 1 amide bonds. The fraction of sp³-hybridized carbons (Fsp3) is 0.206. The summed E-state index contributed by atoms with van der Waals surface area (Å²) in [5.74, 6) is -0.601. The zero-order chi connectivity index (χ0) is 31.1. The summed E-state index contributed by atoms with van der Waals surface area (Å²) in [4.78, 5) is 30.9. The van der Waals surface area contributed by atoms with E-state index in [1.54, 1.807) is 61.8 Å². The van der Waals surface area contributed by atoms with E-state index in [1.165, 1.54) is 16.5 Å². The van der Waals surface area contributed by atoms with Gasteiger partial charge in [0.05, 0.1) is 19.3 Å². The van der Waals surface area contributed by atoms with E-state index in [9.17, 15) is 24.9 Å². The third-order valence-electron chi connectivity index (χ3n) is 7.36. The molecule has 10 nitrogen and oxygen atoms in total. The number of benzene rings is 3. The average molecular weight is 596 g/mol. The molecule has 3 aromatic carbocycles. The number of amides is 1. The maximum absolute atomic E-state index is 13.5. The van der Waals surface area contributed by atoms with Crippen molar-refractivity contribution in [1.82, 2.24) is 14.7 Å². The van der Waals surface area contributed by atoms with Gasteiger partial charge in [0.15, 0.2) is 11.5 Å². The zero-order valence-electron chi connectivity index (χ0n) is 24.1. The number of methoxy groups -OCH3 is 1. The third-order valence-corrected chi connectivity index (χ3v) is 7.36. The molecule has 10 heteroatoms. The minimum Gasteiger partial charge on any atom is -0.504 e. The molecule has 0 saturated carbocycles. The standard InChI is InChI=1S/C34H33N3O7/c1-43-25-10-5-22(6-11-25)16-19-44-26-12-8-24(9-13-26)27(32-33(41)36-30-4-2-3-18-37(30)34(32)42)21-31(40)35-17-15-23-7-14-28(38)29(39)20-23/h2-14,18,20,27,38-39,41H,15-17,19,21H2,1H3,(H,35,40)/t27-/m1/s1. The van der Waals surface area contributed by atoms with E-state index >= 15 is 0 Å². The predicted octanol–water partition coefficient (Wildman–Crippen LogP) is 4.32. The van der Waals surface area contributed by atoms with Crippen LogP contribution in [0.1, 0.15) is 34.6 Å². The minimum atomic E-state index is -0.793. The molecular formula is C34H33N3O7. The van der Waals surface area contributed by atoms with Crippen LogP contribution in [0.3, 0.4) is 0 Å². The second-order valence-corrected chi connectivity index (χ2v) is 10.3. The summed E-state index contributed by atoms with van der Waals surface area (Å²) in [6.45, 7) is 0.713. The van der Waals surface area contributed by atoms with Gasteiger partial charge < -0.3 is 30.1 Å². The molecule has 0 saturated heterocycles. The van der Waals surface area contributed by atoms with E-state index in [0.29, 0.717) is 36.4 Å². The fourth-order valence-electron chi connectivity index (χ4n) is 4.99. The highest BCUT2D eigenvalue weighted by atomic mass is 16.5. The van der Waals surface area contributed by atoms with Crippen LogP contribution in [0.2, 0.25) is 0 Å². The number of rotatable bonds is 12. The Hall–Kier alpha value is -5.51. The van der Waals surface area contributed by atoms with E-state index < -0.39 is 17.4 Å². The lowest BCUT2D eigenvalue weighted by atomic mass is 9.89. The van der Waals surface area contributed by atoms with E-state index in [1.807, 2.05) is 24.3 Å². The number of hydrogen-bond acceptors (Lipinski definition) is 8. The summed E-state index contributed by atoms with van der Waals surface area (Å²) in [6, 6.07) is 24.4. The Kier molecular flexibility index (Phi) is 9.29. The molecule has 0 aliphatic rings. The molecule has 2 aromatic heterocycles. The van der Waals surface area contributed by atoms with Crippen LogP contribution in [-0.2, 0) is 17.6 Å². The predicted molar refractivity (Wildman–Crippen MR) is 165 cm³/mol. The van der Waals surface area contributed by atoms with Crippen LogP contribution in [0.4, 0.5) is 0 Å². The van der Waals surface area contributed by atoms with Gasteiger partial charge in [0.2, 0.25) is 11.8 Å². The molecule has 44 heavy (non-hydrogen) atoms. The lowest BCUT2D eigenvalue weighted by Crippen LogP contribution is -2.30. The van der Waals surface area contributed by atoms with Gasteiger partial charge in [0.1, 0.15) is 17.1 Å². The van der Waals surface area contributed by atoms with E-state index in [0.717, 1.165) is 16.9 Å². The van der Waals surface area contributed by atoms with Crippen LogP contribution in [-0.4, -0.2) is 50.9 Å². The molecule has 5 rings (SSSR count). The first-order valence-corrected chi connectivity index (χ1v) is 14.2. The molecule has 1 atom stereocenters. The largest absolute Gasteiger partial charge is 0.504 e. The second-order valence-electron chi connectivity index (χ2n) is 10.3. The van der Waals surface area contributed by atoms with Gasteiger partial charge in [-0.3, -0.25) is 14.0 Å². The molecule has 0 aliphatic carbocycles. The number of fused-ring (bicyclic) bond motifs is 1. The highest BCUT2D eigenvalue weighted by molar-refractivity contribution is 5.77. The number of aromatic hydroxyl groups is 3. The summed E-state index contributed by atoms with van der Waals surface area (Å²) < 4.78 is 12.5. The van der Waals surface area contributed by atoms with Crippen molar-refractivity contribution in [3.8, 4) is 28.9 Å². The van der Waals surface area contributed by atoms with Crippen LogP contribution in [0.25, 0.3) is 5.65 Å². The SMILES string of the molecule is COc1ccc(CCOc2ccc([C@@H](CC(=O)NCCc3ccc(O)c(O)c3)c3c(O)nc4ccccn4c3=O)cc2)cc1. The first-order chi connectivity index (χ1) is 21.3. The topological polar surface area (TPSA) is 143 Å². The number of nitrogens with one attached hydrogen (secondary N) is 1. The lowest BCUT2D eigenvalue weighted by molar-refractivity contribution is -0.121. The van der Waals surface area contributed by atoms with Crippen molar-refractivity contribution in [2.24, 2.45) is 0 Å². The molecule has 0 fully saturated rings. The Morgan fingerprint density at radius 3 is 2.34 bits per heavy atom. The Labute approximate surface area is 253 Å². The van der Waals surface area contributed by atoms with Crippen molar-refractivity contribution in [2.75, 3.05) is 20.3 Å². The third kappa shape index (κ3) is 7.09. The molecule has 226 valence electrons. The quantitative estimate of drug-likeness (QED) is 0.156. The number of phenols is 2. The van der Waals surface area contributed by atoms with Crippen molar-refractivity contribution in [3.05, 3.63) is 124 Å². The van der Waals surface area contributed by atoms with Crippen LogP contribution < -0.4 is 20.3 Å². The highest BCUT2D eigenvalue weighted by Crippen LogP contribution is 2.32. The van der Waals surface area contributed by atoms with E-state index in [-0.39, 0.29) is 35.9 Å². The van der Waals surface area contributed by atoms with Crippen LogP contribution in [0, 0.1) is 0 Å². The maximum Gasteiger partial charge on any atom is 0.265 e. The van der Waals surface area contributed by atoms with Gasteiger partial charge in [-0.05, 0) is 71.6 Å². The van der Waals surface area contributed by atoms with Crippen LogP contribution in [0.5, 0.6) is 28.9 Å². The molecule has 0 spiro atoms. The molecule has 4 N–H and O–H groups in total. The summed E-state index contributed by atoms with van der Waals surface area (Å²) >= 11 is 0. The van der Waals surface area contributed by atoms with Gasteiger partial charge in [-0.15, -0.1) is 0 Å². The first kappa shape index (κ1) is 30.0. The van der Waals surface area contributed by atoms with Crippen molar-refractivity contribution in [2.45, 2.75) is 25.2 Å². The number of phenolic OH excluding ortho intramolecular Hbond substituents is 2. The van der Waals surface area contributed by atoms with Gasteiger partial charge in [-0.25, -0.2) is 0 Å². The molecular weight excluding hydrogens is 562 g/mol. The second kappa shape index (κ2) is 13.6. The minimum absolute atomic E-state index is 0.0143. The molecule has 5 aromatic rings. The molecule has 0 bridgehead atoms. The number of aromatic nitrogens is 2. The van der Waals surface area contributed by atoms with Crippen molar-refractivity contribution >= 4 is 11.6 Å². The molecule has 2 heterocycles. The smallest absolute Gasteiger partial charge is 0.265 e. The van der Waals surface area contributed by atoms with Gasteiger partial charge >= 0.3 is 0 Å². The first-order valence-electron chi connectivity index (χ1n) is 14.2. The van der Waals surface area contributed by atoms with Gasteiger partial charge in [0, 0.05) is 31.5 Å². The lowest BCUT2D eigenvalue weighted by Gasteiger charge is -2.19. The van der Waals surface area contributed by atoms with Gasteiger partial charge in [0.25, 0.3) is 5.56 Å². The van der Waals surface area contributed by atoms with Crippen LogP contribution >= 0.6 is 0 Å². The molecule has 0 aliphatic heterocycles. The van der Waals surface area contributed by atoms with Gasteiger partial charge in [-0.1, -0.05) is 36.4 Å².